The maximum Gasteiger partial charge on any atom is 0.210 e. The van der Waals surface area contributed by atoms with E-state index >= 15 is 0 Å². The summed E-state index contributed by atoms with van der Waals surface area (Å²) in [6, 6.07) is 10.7. The standard InChI is InChI=1S/C22H26N2O2/c1-16-11-13-24(14-12-17-7-5-4-6-8-17)19-10-9-18(25-2)21-22(16,19)15-20(23-21)26-3/h4-10,15-16H,11-14H2,1-3H3. The van der Waals surface area contributed by atoms with Crippen LogP contribution in [0.4, 0.5) is 0 Å². The summed E-state index contributed by atoms with van der Waals surface area (Å²) in [4.78, 5) is 7.27. The number of aliphatic imine (C=N–C) groups is 1. The molecule has 1 fully saturated rings. The summed E-state index contributed by atoms with van der Waals surface area (Å²) >= 11 is 0. The number of hydrogen-bond acceptors (Lipinski definition) is 4. The van der Waals surface area contributed by atoms with E-state index in [4.69, 9.17) is 14.5 Å². The van der Waals surface area contributed by atoms with Gasteiger partial charge in [0.15, 0.2) is 0 Å². The minimum atomic E-state index is -0.236. The molecule has 0 saturated carbocycles. The largest absolute Gasteiger partial charge is 0.495 e. The molecule has 1 aromatic carbocycles. The third kappa shape index (κ3) is 2.56. The fourth-order valence-electron chi connectivity index (χ4n) is 4.43. The first-order valence-corrected chi connectivity index (χ1v) is 9.30. The van der Waals surface area contributed by atoms with E-state index in [0.717, 1.165) is 37.4 Å². The van der Waals surface area contributed by atoms with Crippen LogP contribution in [0.15, 0.2) is 70.9 Å². The van der Waals surface area contributed by atoms with E-state index in [9.17, 15) is 0 Å². The SMILES string of the molecule is COC1=CC23C(=CC=C(OC)C2=N1)N(CCc1ccccc1)CCC3C. The van der Waals surface area contributed by atoms with Gasteiger partial charge in [0.25, 0.3) is 0 Å². The van der Waals surface area contributed by atoms with Crippen LogP contribution in [0.2, 0.25) is 0 Å². The fraction of sp³-hybridized carbons (Fsp3) is 0.409. The van der Waals surface area contributed by atoms with Crippen LogP contribution < -0.4 is 0 Å². The summed E-state index contributed by atoms with van der Waals surface area (Å²) in [6.45, 7) is 4.39. The Hall–Kier alpha value is -2.49. The zero-order valence-corrected chi connectivity index (χ0v) is 15.7. The number of likely N-dealkylation sites (tertiary alicyclic amines) is 1. The molecule has 0 aromatic heterocycles. The molecule has 136 valence electrons. The molecule has 2 aliphatic heterocycles. The van der Waals surface area contributed by atoms with Crippen LogP contribution in [-0.4, -0.2) is 37.9 Å². The van der Waals surface area contributed by atoms with Crippen molar-refractivity contribution in [3.63, 3.8) is 0 Å². The highest BCUT2D eigenvalue weighted by atomic mass is 16.5. The summed E-state index contributed by atoms with van der Waals surface area (Å²) in [5, 5.41) is 0. The van der Waals surface area contributed by atoms with Crippen LogP contribution in [-0.2, 0) is 15.9 Å². The minimum Gasteiger partial charge on any atom is -0.495 e. The predicted molar refractivity (Wildman–Crippen MR) is 104 cm³/mol. The second kappa shape index (κ2) is 6.67. The van der Waals surface area contributed by atoms with Crippen molar-refractivity contribution in [2.75, 3.05) is 27.3 Å². The van der Waals surface area contributed by atoms with Gasteiger partial charge in [0.1, 0.15) is 11.5 Å². The molecular formula is C22H26N2O2. The molecule has 2 heterocycles. The monoisotopic (exact) mass is 350 g/mol. The smallest absolute Gasteiger partial charge is 0.210 e. The number of rotatable bonds is 5. The Labute approximate surface area is 155 Å². The second-order valence-corrected chi connectivity index (χ2v) is 7.22. The first-order valence-electron chi connectivity index (χ1n) is 9.30. The van der Waals surface area contributed by atoms with E-state index in [1.807, 2.05) is 6.08 Å². The van der Waals surface area contributed by atoms with Gasteiger partial charge < -0.3 is 14.4 Å². The average molecular weight is 350 g/mol. The van der Waals surface area contributed by atoms with Gasteiger partial charge in [-0.3, -0.25) is 0 Å². The molecule has 26 heavy (non-hydrogen) atoms. The lowest BCUT2D eigenvalue weighted by Gasteiger charge is -2.49. The number of piperidine rings is 1. The highest BCUT2D eigenvalue weighted by molar-refractivity contribution is 6.09. The number of nitrogens with zero attached hydrogens (tertiary/aromatic N) is 2. The number of allylic oxidation sites excluding steroid dienone is 4. The molecule has 2 atom stereocenters. The molecule has 1 aromatic rings. The first kappa shape index (κ1) is 17.0. The van der Waals surface area contributed by atoms with Crippen LogP contribution in [0.1, 0.15) is 18.9 Å². The molecule has 1 aliphatic carbocycles. The zero-order chi connectivity index (χ0) is 18.1. The minimum absolute atomic E-state index is 0.236. The molecule has 0 bridgehead atoms. The number of benzene rings is 1. The summed E-state index contributed by atoms with van der Waals surface area (Å²) in [5.41, 5.74) is 3.45. The quantitative estimate of drug-likeness (QED) is 0.807. The van der Waals surface area contributed by atoms with Crippen molar-refractivity contribution < 1.29 is 9.47 Å². The molecule has 3 aliphatic rings. The van der Waals surface area contributed by atoms with Crippen LogP contribution >= 0.6 is 0 Å². The first-order chi connectivity index (χ1) is 12.7. The lowest BCUT2D eigenvalue weighted by molar-refractivity contribution is 0.175. The average Bonchev–Trinajstić information content (AvgIpc) is 3.08. The topological polar surface area (TPSA) is 34.1 Å². The molecule has 4 nitrogen and oxygen atoms in total. The van der Waals surface area contributed by atoms with Gasteiger partial charge in [-0.05, 0) is 42.6 Å². The van der Waals surface area contributed by atoms with Crippen LogP contribution in [0, 0.1) is 11.3 Å². The van der Waals surface area contributed by atoms with Gasteiger partial charge in [-0.25, -0.2) is 4.99 Å². The Bertz CT molecular complexity index is 807. The molecule has 4 heteroatoms. The van der Waals surface area contributed by atoms with Crippen molar-refractivity contribution in [1.29, 1.82) is 0 Å². The summed E-state index contributed by atoms with van der Waals surface area (Å²) in [5.74, 6) is 1.98. The lowest BCUT2D eigenvalue weighted by Crippen LogP contribution is -2.50. The van der Waals surface area contributed by atoms with Gasteiger partial charge in [-0.15, -0.1) is 0 Å². The second-order valence-electron chi connectivity index (χ2n) is 7.22. The molecule has 2 unspecified atom stereocenters. The summed E-state index contributed by atoms with van der Waals surface area (Å²) < 4.78 is 11.1. The van der Waals surface area contributed by atoms with E-state index in [1.54, 1.807) is 14.2 Å². The van der Waals surface area contributed by atoms with Gasteiger partial charge in [-0.1, -0.05) is 37.3 Å². The van der Waals surface area contributed by atoms with Gasteiger partial charge in [0, 0.05) is 18.8 Å². The van der Waals surface area contributed by atoms with E-state index in [-0.39, 0.29) is 5.41 Å². The molecule has 1 saturated heterocycles. The molecular weight excluding hydrogens is 324 g/mol. The summed E-state index contributed by atoms with van der Waals surface area (Å²) in [7, 11) is 3.40. The molecule has 0 amide bonds. The van der Waals surface area contributed by atoms with Gasteiger partial charge in [0.2, 0.25) is 5.88 Å². The molecule has 1 spiro atoms. The molecule has 0 radical (unpaired) electrons. The third-order valence-electron chi connectivity index (χ3n) is 5.91. The number of ether oxygens (including phenoxy) is 2. The van der Waals surface area contributed by atoms with Crippen LogP contribution in [0.5, 0.6) is 0 Å². The van der Waals surface area contributed by atoms with Crippen molar-refractivity contribution in [3.05, 3.63) is 71.5 Å². The third-order valence-corrected chi connectivity index (χ3v) is 5.91. The van der Waals surface area contributed by atoms with Crippen molar-refractivity contribution >= 4 is 5.71 Å². The highest BCUT2D eigenvalue weighted by Gasteiger charge is 2.53. The normalized spacial score (nSPS) is 26.9. The lowest BCUT2D eigenvalue weighted by atomic mass is 9.64. The van der Waals surface area contributed by atoms with Gasteiger partial charge in [0.05, 0.1) is 19.6 Å². The Kier molecular flexibility index (Phi) is 4.35. The van der Waals surface area contributed by atoms with E-state index in [0.29, 0.717) is 11.8 Å². The zero-order valence-electron chi connectivity index (χ0n) is 15.7. The Morgan fingerprint density at radius 2 is 1.96 bits per heavy atom. The van der Waals surface area contributed by atoms with E-state index < -0.39 is 0 Å². The van der Waals surface area contributed by atoms with E-state index in [1.165, 1.54) is 11.3 Å². The van der Waals surface area contributed by atoms with E-state index in [2.05, 4.69) is 54.3 Å². The van der Waals surface area contributed by atoms with Crippen molar-refractivity contribution in [2.24, 2.45) is 16.3 Å². The fourth-order valence-corrected chi connectivity index (χ4v) is 4.43. The van der Waals surface area contributed by atoms with Gasteiger partial charge >= 0.3 is 0 Å². The Balaban J connectivity index is 1.68. The number of methoxy groups -OCH3 is 2. The van der Waals surface area contributed by atoms with Gasteiger partial charge in [-0.2, -0.15) is 0 Å². The predicted octanol–water partition coefficient (Wildman–Crippen LogP) is 3.93. The Morgan fingerprint density at radius 3 is 2.69 bits per heavy atom. The van der Waals surface area contributed by atoms with Crippen molar-refractivity contribution in [3.8, 4) is 0 Å². The van der Waals surface area contributed by atoms with Crippen molar-refractivity contribution in [1.82, 2.24) is 4.90 Å². The Morgan fingerprint density at radius 1 is 1.15 bits per heavy atom. The van der Waals surface area contributed by atoms with Crippen molar-refractivity contribution in [2.45, 2.75) is 19.8 Å². The highest BCUT2D eigenvalue weighted by Crippen LogP contribution is 2.52. The number of hydrogen-bond donors (Lipinski definition) is 0. The summed E-state index contributed by atoms with van der Waals surface area (Å²) in [6.07, 6.45) is 8.62. The maximum atomic E-state index is 5.63. The maximum absolute atomic E-state index is 5.63. The molecule has 4 rings (SSSR count). The van der Waals surface area contributed by atoms with Crippen LogP contribution in [0.3, 0.4) is 0 Å². The molecule has 0 N–H and O–H groups in total. The van der Waals surface area contributed by atoms with Crippen LogP contribution in [0.25, 0.3) is 0 Å².